The molecular weight excluding hydrogens is 258 g/mol. The van der Waals surface area contributed by atoms with Crippen molar-refractivity contribution in [2.45, 2.75) is 46.6 Å². The van der Waals surface area contributed by atoms with Crippen LogP contribution in [-0.2, 0) is 13.5 Å². The number of nitrogens with one attached hydrogen (secondary N) is 1. The molecule has 0 saturated heterocycles. The number of hydrogen-bond acceptors (Lipinski definition) is 2. The topological polar surface area (TPSA) is 29.9 Å². The van der Waals surface area contributed by atoms with E-state index in [9.17, 15) is 0 Å². The molecule has 0 bridgehead atoms. The van der Waals surface area contributed by atoms with Gasteiger partial charge in [-0.1, -0.05) is 23.8 Å². The van der Waals surface area contributed by atoms with Crippen molar-refractivity contribution in [2.75, 3.05) is 7.05 Å². The first-order chi connectivity index (χ1) is 9.93. The molecule has 0 aliphatic carbocycles. The number of rotatable bonds is 5. The Morgan fingerprint density at radius 3 is 2.43 bits per heavy atom. The fraction of sp³-hybridized carbons (Fsp3) is 0.500. The van der Waals surface area contributed by atoms with E-state index in [1.807, 2.05) is 18.8 Å². The summed E-state index contributed by atoms with van der Waals surface area (Å²) in [5, 5.41) is 7.98. The van der Waals surface area contributed by atoms with Crippen LogP contribution in [0.4, 0.5) is 0 Å². The monoisotopic (exact) mass is 285 g/mol. The molecule has 1 atom stereocenters. The van der Waals surface area contributed by atoms with Crippen molar-refractivity contribution >= 4 is 0 Å². The Bertz CT molecular complexity index is 626. The van der Waals surface area contributed by atoms with Gasteiger partial charge in [-0.3, -0.25) is 4.68 Å². The third-order valence-corrected chi connectivity index (χ3v) is 4.49. The smallest absolute Gasteiger partial charge is 0.0628 e. The lowest BCUT2D eigenvalue weighted by Gasteiger charge is -2.19. The maximum absolute atomic E-state index is 4.51. The van der Waals surface area contributed by atoms with Crippen molar-refractivity contribution < 1.29 is 0 Å². The Hall–Kier alpha value is -1.61. The Morgan fingerprint density at radius 1 is 1.19 bits per heavy atom. The largest absolute Gasteiger partial charge is 0.313 e. The third kappa shape index (κ3) is 3.35. The summed E-state index contributed by atoms with van der Waals surface area (Å²) in [5.74, 6) is 0. The zero-order valence-corrected chi connectivity index (χ0v) is 14.1. The summed E-state index contributed by atoms with van der Waals surface area (Å²) in [6.07, 6.45) is 2.15. The van der Waals surface area contributed by atoms with E-state index >= 15 is 0 Å². The van der Waals surface area contributed by atoms with Crippen LogP contribution in [0, 0.1) is 27.7 Å². The van der Waals surface area contributed by atoms with Crippen LogP contribution < -0.4 is 5.32 Å². The van der Waals surface area contributed by atoms with Gasteiger partial charge in [-0.15, -0.1) is 0 Å². The first-order valence-corrected chi connectivity index (χ1v) is 7.67. The molecule has 0 spiro atoms. The molecule has 21 heavy (non-hydrogen) atoms. The highest BCUT2D eigenvalue weighted by molar-refractivity contribution is 5.33. The minimum Gasteiger partial charge on any atom is -0.313 e. The molecule has 1 unspecified atom stereocenters. The summed E-state index contributed by atoms with van der Waals surface area (Å²) in [4.78, 5) is 0. The number of benzene rings is 1. The van der Waals surface area contributed by atoms with Gasteiger partial charge in [0.2, 0.25) is 0 Å². The minimum atomic E-state index is 0.393. The maximum Gasteiger partial charge on any atom is 0.0628 e. The van der Waals surface area contributed by atoms with Crippen LogP contribution in [0.25, 0.3) is 0 Å². The van der Waals surface area contributed by atoms with Crippen molar-refractivity contribution in [3.63, 3.8) is 0 Å². The van der Waals surface area contributed by atoms with Gasteiger partial charge in [0.25, 0.3) is 0 Å². The molecule has 3 heteroatoms. The van der Waals surface area contributed by atoms with E-state index in [1.54, 1.807) is 0 Å². The van der Waals surface area contributed by atoms with Crippen LogP contribution in [0.1, 0.15) is 46.1 Å². The predicted molar refractivity (Wildman–Crippen MR) is 88.7 cm³/mol. The second kappa shape index (κ2) is 6.44. The van der Waals surface area contributed by atoms with E-state index in [0.29, 0.717) is 6.04 Å². The molecule has 0 radical (unpaired) electrons. The molecule has 1 aromatic heterocycles. The number of hydrogen-bond donors (Lipinski definition) is 1. The van der Waals surface area contributed by atoms with Gasteiger partial charge in [-0.2, -0.15) is 5.10 Å². The Balaban J connectivity index is 2.16. The van der Waals surface area contributed by atoms with Crippen LogP contribution >= 0.6 is 0 Å². The quantitative estimate of drug-likeness (QED) is 0.910. The second-order valence-electron chi connectivity index (χ2n) is 6.01. The Kier molecular flexibility index (Phi) is 4.84. The SMILES string of the molecule is CNC(CCc1c(C)nn(C)c1C)c1ccc(C)cc1C. The van der Waals surface area contributed by atoms with E-state index in [-0.39, 0.29) is 0 Å². The van der Waals surface area contributed by atoms with Crippen LogP contribution in [0.5, 0.6) is 0 Å². The highest BCUT2D eigenvalue weighted by Crippen LogP contribution is 2.24. The van der Waals surface area contributed by atoms with Gasteiger partial charge in [0.1, 0.15) is 0 Å². The molecule has 0 saturated carbocycles. The first kappa shape index (κ1) is 15.8. The molecule has 1 heterocycles. The average molecular weight is 285 g/mol. The molecule has 1 aromatic carbocycles. The van der Waals surface area contributed by atoms with E-state index in [4.69, 9.17) is 0 Å². The minimum absolute atomic E-state index is 0.393. The van der Waals surface area contributed by atoms with Gasteiger partial charge in [0, 0.05) is 18.8 Å². The highest BCUT2D eigenvalue weighted by Gasteiger charge is 2.15. The first-order valence-electron chi connectivity index (χ1n) is 7.67. The Morgan fingerprint density at radius 2 is 1.90 bits per heavy atom. The van der Waals surface area contributed by atoms with Crippen molar-refractivity contribution in [1.29, 1.82) is 0 Å². The fourth-order valence-electron chi connectivity index (χ4n) is 3.14. The van der Waals surface area contributed by atoms with Gasteiger partial charge in [-0.25, -0.2) is 0 Å². The molecular formula is C18H27N3. The number of aryl methyl sites for hydroxylation is 4. The predicted octanol–water partition coefficient (Wildman–Crippen LogP) is 3.55. The zero-order chi connectivity index (χ0) is 15.6. The molecule has 0 aliphatic heterocycles. The molecule has 0 amide bonds. The second-order valence-corrected chi connectivity index (χ2v) is 6.01. The lowest BCUT2D eigenvalue weighted by molar-refractivity contribution is 0.545. The van der Waals surface area contributed by atoms with E-state index < -0.39 is 0 Å². The van der Waals surface area contributed by atoms with Crippen molar-refractivity contribution in [1.82, 2.24) is 15.1 Å². The lowest BCUT2D eigenvalue weighted by atomic mass is 9.94. The summed E-state index contributed by atoms with van der Waals surface area (Å²) >= 11 is 0. The van der Waals surface area contributed by atoms with E-state index in [0.717, 1.165) is 18.5 Å². The van der Waals surface area contributed by atoms with Gasteiger partial charge in [-0.05, 0) is 64.3 Å². The lowest BCUT2D eigenvalue weighted by Crippen LogP contribution is -2.18. The number of nitrogens with zero attached hydrogens (tertiary/aromatic N) is 2. The number of aromatic nitrogens is 2. The van der Waals surface area contributed by atoms with Crippen molar-refractivity contribution in [3.8, 4) is 0 Å². The molecule has 0 aliphatic rings. The summed E-state index contributed by atoms with van der Waals surface area (Å²) in [6, 6.07) is 7.12. The van der Waals surface area contributed by atoms with Crippen LogP contribution in [0.3, 0.4) is 0 Å². The van der Waals surface area contributed by atoms with Crippen molar-refractivity contribution in [3.05, 3.63) is 51.8 Å². The normalized spacial score (nSPS) is 12.7. The summed E-state index contributed by atoms with van der Waals surface area (Å²) in [6.45, 7) is 8.61. The fourth-order valence-corrected chi connectivity index (χ4v) is 3.14. The van der Waals surface area contributed by atoms with Gasteiger partial charge >= 0.3 is 0 Å². The van der Waals surface area contributed by atoms with Gasteiger partial charge in [0.05, 0.1) is 5.69 Å². The maximum atomic E-state index is 4.51. The van der Waals surface area contributed by atoms with Crippen molar-refractivity contribution in [2.24, 2.45) is 7.05 Å². The zero-order valence-electron chi connectivity index (χ0n) is 14.1. The third-order valence-electron chi connectivity index (χ3n) is 4.49. The highest BCUT2D eigenvalue weighted by atomic mass is 15.3. The molecule has 0 fully saturated rings. The summed E-state index contributed by atoms with van der Waals surface area (Å²) in [5.41, 5.74) is 7.93. The van der Waals surface area contributed by atoms with E-state index in [2.05, 4.69) is 56.3 Å². The van der Waals surface area contributed by atoms with Gasteiger partial charge < -0.3 is 5.32 Å². The van der Waals surface area contributed by atoms with Crippen LogP contribution in [0.15, 0.2) is 18.2 Å². The molecule has 2 rings (SSSR count). The van der Waals surface area contributed by atoms with Crippen LogP contribution in [-0.4, -0.2) is 16.8 Å². The summed E-state index contributed by atoms with van der Waals surface area (Å²) in [7, 11) is 4.07. The average Bonchev–Trinajstić information content (AvgIpc) is 2.67. The van der Waals surface area contributed by atoms with Gasteiger partial charge in [0.15, 0.2) is 0 Å². The molecule has 2 aromatic rings. The summed E-state index contributed by atoms with van der Waals surface area (Å²) < 4.78 is 1.98. The molecule has 114 valence electrons. The Labute approximate surface area is 128 Å². The standard InChI is InChI=1S/C18H27N3/c1-12-7-8-16(13(2)11-12)18(19-5)10-9-17-14(3)20-21(6)15(17)4/h7-8,11,18-19H,9-10H2,1-6H3. The molecule has 1 N–H and O–H groups in total. The van der Waals surface area contributed by atoms with Crippen LogP contribution in [0.2, 0.25) is 0 Å². The van der Waals surface area contributed by atoms with E-state index in [1.165, 1.54) is 27.9 Å². The molecule has 3 nitrogen and oxygen atoms in total.